The van der Waals surface area contributed by atoms with Crippen molar-refractivity contribution >= 4 is 17.6 Å². The summed E-state index contributed by atoms with van der Waals surface area (Å²) in [5, 5.41) is 24.8. The number of hydrogen-bond donors (Lipinski definition) is 2. The number of cyclic esters (lactones) is 1. The van der Waals surface area contributed by atoms with E-state index in [0.29, 0.717) is 30.7 Å². The number of phenols is 2. The van der Waals surface area contributed by atoms with E-state index in [-0.39, 0.29) is 42.1 Å². The van der Waals surface area contributed by atoms with Crippen LogP contribution < -0.4 is 0 Å². The molecule has 1 amide bonds. The number of allylic oxidation sites excluding steroid dienone is 1. The number of nitrogens with zero attached hydrogens (tertiary/aromatic N) is 2. The molecule has 1 aromatic rings. The minimum Gasteiger partial charge on any atom is -0.508 e. The van der Waals surface area contributed by atoms with Crippen molar-refractivity contribution in [2.75, 3.05) is 26.3 Å². The van der Waals surface area contributed by atoms with Gasteiger partial charge in [0.25, 0.3) is 5.91 Å². The number of amides is 1. The highest BCUT2D eigenvalue weighted by Crippen LogP contribution is 2.29. The largest absolute Gasteiger partial charge is 0.508 e. The Morgan fingerprint density at radius 1 is 1.16 bits per heavy atom. The average Bonchev–Trinajstić information content (AvgIpc) is 2.88. The number of esters is 1. The Hall–Kier alpha value is -3.33. The first-order valence-electron chi connectivity index (χ1n) is 13.5. The number of phenolic OH excluding ortho intramolecular Hbond substituents is 2. The van der Waals surface area contributed by atoms with Crippen LogP contribution in [0.25, 0.3) is 0 Å². The van der Waals surface area contributed by atoms with Gasteiger partial charge >= 0.3 is 5.97 Å². The van der Waals surface area contributed by atoms with Crippen molar-refractivity contribution < 1.29 is 34.1 Å². The number of aromatic hydroxyl groups is 2. The summed E-state index contributed by atoms with van der Waals surface area (Å²) in [5.41, 5.74) is 0.705. The second-order valence-corrected chi connectivity index (χ2v) is 9.75. The van der Waals surface area contributed by atoms with Crippen molar-refractivity contribution in [3.8, 4) is 11.5 Å². The number of hydrogen-bond acceptors (Lipinski definition) is 8. The maximum atomic E-state index is 13.0. The minimum absolute atomic E-state index is 0.0399. The molecule has 1 saturated heterocycles. The van der Waals surface area contributed by atoms with Crippen LogP contribution in [0.4, 0.5) is 0 Å². The summed E-state index contributed by atoms with van der Waals surface area (Å²) in [4.78, 5) is 32.7. The number of piperidine rings is 1. The van der Waals surface area contributed by atoms with E-state index in [0.717, 1.165) is 51.3 Å². The van der Waals surface area contributed by atoms with Crippen LogP contribution in [0, 0.1) is 0 Å². The molecule has 38 heavy (non-hydrogen) atoms. The molecule has 208 valence electrons. The molecular formula is C29H40N2O7. The van der Waals surface area contributed by atoms with Crippen LogP contribution in [0.2, 0.25) is 0 Å². The fourth-order valence-corrected chi connectivity index (χ4v) is 4.40. The molecule has 2 atom stereocenters. The van der Waals surface area contributed by atoms with Crippen LogP contribution in [0.5, 0.6) is 11.5 Å². The first-order chi connectivity index (χ1) is 18.4. The summed E-state index contributed by atoms with van der Waals surface area (Å²) in [6.07, 6.45) is 13.2. The van der Waals surface area contributed by atoms with Gasteiger partial charge in [0.1, 0.15) is 23.2 Å². The van der Waals surface area contributed by atoms with Gasteiger partial charge in [-0.25, -0.2) is 4.79 Å². The van der Waals surface area contributed by atoms with Gasteiger partial charge in [0.2, 0.25) is 0 Å². The number of oxime groups is 1. The molecule has 1 aromatic carbocycles. The number of ether oxygens (including phenoxy) is 2. The van der Waals surface area contributed by atoms with Crippen LogP contribution in [0.3, 0.4) is 0 Å². The van der Waals surface area contributed by atoms with Gasteiger partial charge in [-0.15, -0.1) is 0 Å². The second-order valence-electron chi connectivity index (χ2n) is 9.75. The zero-order valence-corrected chi connectivity index (χ0v) is 22.4. The van der Waals surface area contributed by atoms with Crippen LogP contribution in [-0.4, -0.2) is 71.2 Å². The molecule has 2 aliphatic heterocycles. The zero-order chi connectivity index (χ0) is 27.3. The Labute approximate surface area is 224 Å². The van der Waals surface area contributed by atoms with Gasteiger partial charge in [-0.2, -0.15) is 0 Å². The van der Waals surface area contributed by atoms with E-state index in [1.165, 1.54) is 6.07 Å². The molecule has 2 aliphatic rings. The second kappa shape index (κ2) is 15.2. The molecule has 0 radical (unpaired) electrons. The molecule has 2 heterocycles. The molecule has 0 saturated carbocycles. The number of fused-ring (bicyclic) bond motifs is 1. The molecule has 9 nitrogen and oxygen atoms in total. The summed E-state index contributed by atoms with van der Waals surface area (Å²) in [6, 6.07) is 2.50. The van der Waals surface area contributed by atoms with Crippen LogP contribution in [-0.2, 0) is 25.5 Å². The lowest BCUT2D eigenvalue weighted by molar-refractivity contribution is -0.137. The Morgan fingerprint density at radius 3 is 2.71 bits per heavy atom. The monoisotopic (exact) mass is 528 g/mol. The van der Waals surface area contributed by atoms with Gasteiger partial charge in [-0.3, -0.25) is 4.79 Å². The summed E-state index contributed by atoms with van der Waals surface area (Å²) in [7, 11) is 0. The number of benzene rings is 1. The van der Waals surface area contributed by atoms with Crippen LogP contribution >= 0.6 is 0 Å². The van der Waals surface area contributed by atoms with E-state index in [1.807, 2.05) is 18.2 Å². The molecule has 3 rings (SSSR count). The van der Waals surface area contributed by atoms with E-state index in [9.17, 15) is 19.8 Å². The minimum atomic E-state index is -0.698. The normalized spacial score (nSPS) is 23.7. The lowest BCUT2D eigenvalue weighted by atomic mass is 9.99. The maximum absolute atomic E-state index is 13.0. The first-order valence-corrected chi connectivity index (χ1v) is 13.5. The van der Waals surface area contributed by atoms with E-state index < -0.39 is 12.1 Å². The van der Waals surface area contributed by atoms with Crippen molar-refractivity contribution in [3.63, 3.8) is 0 Å². The Balaban J connectivity index is 1.86. The van der Waals surface area contributed by atoms with Gasteiger partial charge in [0.05, 0.1) is 11.8 Å². The SMILES string of the molecule is CCCCOC1/C=C/C[C@@H](C)OC(=O)c2c(O)cc(O)cc2CC(=N\OCC(=O)N2CCCCC2)/C=C/C1. The van der Waals surface area contributed by atoms with Crippen molar-refractivity contribution in [1.82, 2.24) is 4.90 Å². The number of likely N-dealkylation sites (tertiary alicyclic amines) is 1. The van der Waals surface area contributed by atoms with Gasteiger partial charge in [-0.1, -0.05) is 36.7 Å². The topological polar surface area (TPSA) is 118 Å². The number of carbonyl (C=O) groups excluding carboxylic acids is 2. The van der Waals surface area contributed by atoms with E-state index in [1.54, 1.807) is 17.9 Å². The van der Waals surface area contributed by atoms with Gasteiger partial charge in [-0.05, 0) is 56.7 Å². The third-order valence-electron chi connectivity index (χ3n) is 6.47. The van der Waals surface area contributed by atoms with Crippen molar-refractivity contribution in [1.29, 1.82) is 0 Å². The van der Waals surface area contributed by atoms with Gasteiger partial charge in [0.15, 0.2) is 6.61 Å². The van der Waals surface area contributed by atoms with E-state index in [4.69, 9.17) is 14.3 Å². The molecule has 2 N–H and O–H groups in total. The summed E-state index contributed by atoms with van der Waals surface area (Å²) in [5.74, 6) is -1.40. The fraction of sp³-hybridized carbons (Fsp3) is 0.552. The van der Waals surface area contributed by atoms with Gasteiger partial charge in [0, 0.05) is 38.6 Å². The van der Waals surface area contributed by atoms with Gasteiger partial charge < -0.3 is 29.4 Å². The lowest BCUT2D eigenvalue weighted by Crippen LogP contribution is -2.37. The summed E-state index contributed by atoms with van der Waals surface area (Å²) >= 11 is 0. The third-order valence-corrected chi connectivity index (χ3v) is 6.47. The lowest BCUT2D eigenvalue weighted by Gasteiger charge is -2.26. The van der Waals surface area contributed by atoms with Crippen molar-refractivity contribution in [3.05, 3.63) is 47.6 Å². The number of unbranched alkanes of at least 4 members (excludes halogenated alkanes) is 1. The Bertz CT molecular complexity index is 1030. The highest BCUT2D eigenvalue weighted by molar-refractivity contribution is 6.00. The maximum Gasteiger partial charge on any atom is 0.342 e. The molecule has 1 fully saturated rings. The Kier molecular flexibility index (Phi) is 11.7. The molecule has 0 aliphatic carbocycles. The van der Waals surface area contributed by atoms with Crippen LogP contribution in [0.15, 0.2) is 41.6 Å². The third kappa shape index (κ3) is 9.20. The standard InChI is InChI=1S/C29H40N2O7/c1-3-4-16-36-25-12-8-10-21(2)38-29(35)28-22(18-24(32)19-26(28)33)17-23(11-9-13-25)30-37-20-27(34)31-14-6-5-7-15-31/h8-9,11-12,18-19,21,25,32-33H,3-7,10,13-17,20H2,1-2H3/b11-9+,12-8+,30-23-/t21-,25?/m1/s1. The zero-order valence-electron chi connectivity index (χ0n) is 22.4. The summed E-state index contributed by atoms with van der Waals surface area (Å²) in [6.45, 7) is 5.77. The fourth-order valence-electron chi connectivity index (χ4n) is 4.40. The molecule has 0 bridgehead atoms. The molecule has 0 aromatic heterocycles. The molecular weight excluding hydrogens is 488 g/mol. The molecule has 1 unspecified atom stereocenters. The number of rotatable bonds is 7. The number of carbonyl (C=O) groups is 2. The van der Waals surface area contributed by atoms with Crippen LogP contribution in [0.1, 0.15) is 74.7 Å². The quantitative estimate of drug-likeness (QED) is 0.229. The van der Waals surface area contributed by atoms with E-state index in [2.05, 4.69) is 12.1 Å². The predicted molar refractivity (Wildman–Crippen MR) is 144 cm³/mol. The smallest absolute Gasteiger partial charge is 0.342 e. The predicted octanol–water partition coefficient (Wildman–Crippen LogP) is 4.66. The van der Waals surface area contributed by atoms with E-state index >= 15 is 0 Å². The molecule has 0 spiro atoms. The highest BCUT2D eigenvalue weighted by atomic mass is 16.6. The first kappa shape index (κ1) is 29.2. The van der Waals surface area contributed by atoms with Crippen molar-refractivity contribution in [2.24, 2.45) is 5.16 Å². The van der Waals surface area contributed by atoms with Crippen molar-refractivity contribution in [2.45, 2.75) is 77.4 Å². The molecule has 9 heteroatoms. The average molecular weight is 529 g/mol. The Morgan fingerprint density at radius 2 is 1.95 bits per heavy atom. The summed E-state index contributed by atoms with van der Waals surface area (Å²) < 4.78 is 11.6. The highest BCUT2D eigenvalue weighted by Gasteiger charge is 2.23.